The highest BCUT2D eigenvalue weighted by atomic mass is 35.5. The van der Waals surface area contributed by atoms with Crippen LogP contribution in [0.1, 0.15) is 24.5 Å². The van der Waals surface area contributed by atoms with E-state index >= 15 is 0 Å². The van der Waals surface area contributed by atoms with Crippen LogP contribution in [-0.4, -0.2) is 7.11 Å². The fourth-order valence-electron chi connectivity index (χ4n) is 2.00. The van der Waals surface area contributed by atoms with Gasteiger partial charge in [-0.1, -0.05) is 17.7 Å². The molecule has 1 aliphatic rings. The molecule has 0 aromatic heterocycles. The molecular formula is C12H13ClO. The summed E-state index contributed by atoms with van der Waals surface area (Å²) in [6.07, 6.45) is 4.33. The molecule has 0 saturated heterocycles. The summed E-state index contributed by atoms with van der Waals surface area (Å²) in [5.41, 5.74) is 3.67. The van der Waals surface area contributed by atoms with E-state index in [0.717, 1.165) is 29.2 Å². The molecule has 1 aromatic rings. The number of fused-ring (bicyclic) bond motifs is 1. The summed E-state index contributed by atoms with van der Waals surface area (Å²) in [6, 6.07) is 3.85. The predicted molar refractivity (Wildman–Crippen MR) is 60.0 cm³/mol. The van der Waals surface area contributed by atoms with E-state index in [2.05, 4.69) is 13.0 Å². The van der Waals surface area contributed by atoms with Crippen LogP contribution < -0.4 is 4.74 Å². The Balaban J connectivity index is 2.66. The quantitative estimate of drug-likeness (QED) is 0.684. The monoisotopic (exact) mass is 208 g/mol. The number of allylic oxidation sites excluding steroid dienone is 2. The van der Waals surface area contributed by atoms with Crippen LogP contribution in [0.2, 0.25) is 5.02 Å². The Morgan fingerprint density at radius 2 is 2.14 bits per heavy atom. The Labute approximate surface area is 89.3 Å². The minimum Gasteiger partial charge on any atom is -0.496 e. The lowest BCUT2D eigenvalue weighted by molar-refractivity contribution is 0.409. The molecule has 14 heavy (non-hydrogen) atoms. The van der Waals surface area contributed by atoms with Crippen molar-refractivity contribution in [3.05, 3.63) is 34.4 Å². The molecule has 0 fully saturated rings. The van der Waals surface area contributed by atoms with Crippen LogP contribution >= 0.6 is 11.6 Å². The molecule has 0 bridgehead atoms. The van der Waals surface area contributed by atoms with Crippen molar-refractivity contribution < 1.29 is 4.74 Å². The van der Waals surface area contributed by atoms with Crippen LogP contribution in [0.4, 0.5) is 0 Å². The standard InChI is InChI=1S/C12H13ClO/c1-8-4-3-5-9-11(14-2)7-6-10(13)12(8)9/h4,6-7H,3,5H2,1-2H3. The summed E-state index contributed by atoms with van der Waals surface area (Å²) in [7, 11) is 1.71. The normalized spacial score (nSPS) is 14.6. The van der Waals surface area contributed by atoms with Crippen molar-refractivity contribution in [3.63, 3.8) is 0 Å². The maximum Gasteiger partial charge on any atom is 0.122 e. The first-order chi connectivity index (χ1) is 6.74. The summed E-state index contributed by atoms with van der Waals surface area (Å²) >= 11 is 6.17. The maximum absolute atomic E-state index is 6.17. The summed E-state index contributed by atoms with van der Waals surface area (Å²) < 4.78 is 5.33. The molecule has 0 spiro atoms. The van der Waals surface area contributed by atoms with Gasteiger partial charge in [0.25, 0.3) is 0 Å². The third-order valence-electron chi connectivity index (χ3n) is 2.68. The van der Waals surface area contributed by atoms with Crippen LogP contribution in [-0.2, 0) is 6.42 Å². The molecule has 2 rings (SSSR count). The van der Waals surface area contributed by atoms with Gasteiger partial charge >= 0.3 is 0 Å². The Morgan fingerprint density at radius 3 is 2.86 bits per heavy atom. The van der Waals surface area contributed by atoms with Gasteiger partial charge in [0, 0.05) is 16.1 Å². The molecule has 0 unspecified atom stereocenters. The molecule has 1 aromatic carbocycles. The van der Waals surface area contributed by atoms with Gasteiger partial charge in [0.1, 0.15) is 5.75 Å². The topological polar surface area (TPSA) is 9.23 Å². The first kappa shape index (κ1) is 9.60. The van der Waals surface area contributed by atoms with Crippen molar-refractivity contribution in [1.29, 1.82) is 0 Å². The molecule has 0 amide bonds. The van der Waals surface area contributed by atoms with Crippen molar-refractivity contribution in [2.45, 2.75) is 19.8 Å². The molecule has 0 heterocycles. The van der Waals surface area contributed by atoms with Crippen molar-refractivity contribution in [3.8, 4) is 5.75 Å². The van der Waals surface area contributed by atoms with E-state index in [1.54, 1.807) is 7.11 Å². The summed E-state index contributed by atoms with van der Waals surface area (Å²) in [5.74, 6) is 0.955. The van der Waals surface area contributed by atoms with Gasteiger partial charge in [-0.15, -0.1) is 0 Å². The number of hydrogen-bond acceptors (Lipinski definition) is 1. The predicted octanol–water partition coefficient (Wildman–Crippen LogP) is 3.70. The first-order valence-electron chi connectivity index (χ1n) is 4.76. The number of rotatable bonds is 1. The van der Waals surface area contributed by atoms with E-state index in [1.165, 1.54) is 11.1 Å². The highest BCUT2D eigenvalue weighted by Crippen LogP contribution is 2.37. The first-order valence-corrected chi connectivity index (χ1v) is 5.14. The van der Waals surface area contributed by atoms with Crippen LogP contribution in [0.25, 0.3) is 5.57 Å². The van der Waals surface area contributed by atoms with E-state index in [0.29, 0.717) is 0 Å². The molecule has 0 radical (unpaired) electrons. The average Bonchev–Trinajstić information content (AvgIpc) is 2.18. The van der Waals surface area contributed by atoms with Gasteiger partial charge in [0.15, 0.2) is 0 Å². The zero-order chi connectivity index (χ0) is 10.1. The molecule has 1 nitrogen and oxygen atoms in total. The van der Waals surface area contributed by atoms with Gasteiger partial charge in [-0.25, -0.2) is 0 Å². The fraction of sp³-hybridized carbons (Fsp3) is 0.333. The van der Waals surface area contributed by atoms with Gasteiger partial charge in [-0.3, -0.25) is 0 Å². The highest BCUT2D eigenvalue weighted by Gasteiger charge is 2.16. The molecule has 0 saturated carbocycles. The maximum atomic E-state index is 6.17. The van der Waals surface area contributed by atoms with Crippen LogP contribution in [0.5, 0.6) is 5.75 Å². The Bertz CT molecular complexity index is 394. The van der Waals surface area contributed by atoms with Gasteiger partial charge in [-0.05, 0) is 37.5 Å². The third-order valence-corrected chi connectivity index (χ3v) is 2.99. The largest absolute Gasteiger partial charge is 0.496 e. The van der Waals surface area contributed by atoms with Crippen LogP contribution in [0.3, 0.4) is 0 Å². The molecule has 0 atom stereocenters. The third kappa shape index (κ3) is 1.42. The number of benzene rings is 1. The van der Waals surface area contributed by atoms with E-state index in [4.69, 9.17) is 16.3 Å². The number of ether oxygens (including phenoxy) is 1. The second-order valence-electron chi connectivity index (χ2n) is 3.53. The Kier molecular flexibility index (Phi) is 2.51. The second-order valence-corrected chi connectivity index (χ2v) is 3.94. The van der Waals surface area contributed by atoms with Crippen LogP contribution in [0.15, 0.2) is 18.2 Å². The van der Waals surface area contributed by atoms with Gasteiger partial charge in [-0.2, -0.15) is 0 Å². The molecule has 0 N–H and O–H groups in total. The second kappa shape index (κ2) is 3.66. The number of hydrogen-bond donors (Lipinski definition) is 0. The zero-order valence-corrected chi connectivity index (χ0v) is 9.19. The van der Waals surface area contributed by atoms with E-state index in [-0.39, 0.29) is 0 Å². The highest BCUT2D eigenvalue weighted by molar-refractivity contribution is 6.32. The minimum atomic E-state index is 0.828. The number of methoxy groups -OCH3 is 1. The Morgan fingerprint density at radius 1 is 1.36 bits per heavy atom. The minimum absolute atomic E-state index is 0.828. The summed E-state index contributed by atoms with van der Waals surface area (Å²) in [6.45, 7) is 2.10. The summed E-state index contributed by atoms with van der Waals surface area (Å²) in [5, 5.41) is 0.828. The van der Waals surface area contributed by atoms with E-state index in [9.17, 15) is 0 Å². The van der Waals surface area contributed by atoms with Crippen molar-refractivity contribution in [2.75, 3.05) is 7.11 Å². The van der Waals surface area contributed by atoms with E-state index in [1.807, 2.05) is 12.1 Å². The lowest BCUT2D eigenvalue weighted by atomic mass is 9.91. The Hall–Kier alpha value is -0.950. The van der Waals surface area contributed by atoms with Gasteiger partial charge < -0.3 is 4.74 Å². The van der Waals surface area contributed by atoms with Crippen molar-refractivity contribution in [2.24, 2.45) is 0 Å². The van der Waals surface area contributed by atoms with Gasteiger partial charge in [0.2, 0.25) is 0 Å². The fourth-order valence-corrected chi connectivity index (χ4v) is 2.33. The molecule has 2 heteroatoms. The molecular weight excluding hydrogens is 196 g/mol. The smallest absolute Gasteiger partial charge is 0.122 e. The lowest BCUT2D eigenvalue weighted by Gasteiger charge is -2.19. The van der Waals surface area contributed by atoms with Crippen LogP contribution in [0, 0.1) is 0 Å². The molecule has 1 aliphatic carbocycles. The van der Waals surface area contributed by atoms with Crippen molar-refractivity contribution >= 4 is 17.2 Å². The zero-order valence-electron chi connectivity index (χ0n) is 8.43. The van der Waals surface area contributed by atoms with Gasteiger partial charge in [0.05, 0.1) is 7.11 Å². The lowest BCUT2D eigenvalue weighted by Crippen LogP contribution is -2.02. The molecule has 0 aliphatic heterocycles. The van der Waals surface area contributed by atoms with Crippen molar-refractivity contribution in [1.82, 2.24) is 0 Å². The van der Waals surface area contributed by atoms with E-state index < -0.39 is 0 Å². The molecule has 74 valence electrons. The summed E-state index contributed by atoms with van der Waals surface area (Å²) in [4.78, 5) is 0. The SMILES string of the molecule is COc1ccc(Cl)c2c1CCC=C2C. The number of halogens is 1. The average molecular weight is 209 g/mol.